The summed E-state index contributed by atoms with van der Waals surface area (Å²) in [5.41, 5.74) is 4.27. The van der Waals surface area contributed by atoms with Crippen LogP contribution in [-0.4, -0.2) is 27.0 Å². The van der Waals surface area contributed by atoms with Gasteiger partial charge in [-0.3, -0.25) is 14.3 Å². The van der Waals surface area contributed by atoms with Gasteiger partial charge < -0.3 is 15.3 Å². The molecule has 2 aromatic rings. The molecule has 0 radical (unpaired) electrons. The van der Waals surface area contributed by atoms with E-state index in [1.165, 1.54) is 0 Å². The van der Waals surface area contributed by atoms with Gasteiger partial charge in [0.1, 0.15) is 11.3 Å². The van der Waals surface area contributed by atoms with E-state index in [1.54, 1.807) is 4.57 Å². The van der Waals surface area contributed by atoms with Crippen LogP contribution >= 0.6 is 12.2 Å². The maximum Gasteiger partial charge on any atom is 0.264 e. The Hall–Kier alpha value is -2.61. The summed E-state index contributed by atoms with van der Waals surface area (Å²) in [5.74, 6) is 0.655. The highest BCUT2D eigenvalue weighted by atomic mass is 32.1. The van der Waals surface area contributed by atoms with Gasteiger partial charge in [0.25, 0.3) is 5.56 Å². The first-order valence-corrected chi connectivity index (χ1v) is 9.57. The number of aromatic hydroxyl groups is 1. The lowest BCUT2D eigenvalue weighted by molar-refractivity contribution is 0.332. The number of hydrogen-bond acceptors (Lipinski definition) is 6. The lowest BCUT2D eigenvalue weighted by Crippen LogP contribution is -2.23. The molecule has 3 N–H and O–H groups in total. The zero-order valence-electron chi connectivity index (χ0n) is 15.5. The Labute approximate surface area is 162 Å². The molecule has 2 heterocycles. The zero-order chi connectivity index (χ0) is 19.4. The fourth-order valence-corrected chi connectivity index (χ4v) is 3.45. The SMILES string of the molecule is CCCCn1c(O)c(C2=NN[C@@H](c3ccccc3OCC)C2)c(=O)[nH]c1=S. The molecule has 0 bridgehead atoms. The molecule has 0 spiro atoms. The molecule has 0 fully saturated rings. The van der Waals surface area contributed by atoms with Gasteiger partial charge in [-0.2, -0.15) is 5.10 Å². The summed E-state index contributed by atoms with van der Waals surface area (Å²) in [6, 6.07) is 7.61. The van der Waals surface area contributed by atoms with Crippen molar-refractivity contribution in [1.82, 2.24) is 15.0 Å². The minimum absolute atomic E-state index is 0.128. The van der Waals surface area contributed by atoms with E-state index >= 15 is 0 Å². The molecule has 0 saturated heterocycles. The molecule has 0 unspecified atom stereocenters. The number of para-hydroxylation sites is 1. The predicted octanol–water partition coefficient (Wildman–Crippen LogP) is 3.25. The van der Waals surface area contributed by atoms with Crippen molar-refractivity contribution in [3.05, 3.63) is 50.5 Å². The van der Waals surface area contributed by atoms with Crippen molar-refractivity contribution in [2.45, 2.75) is 45.7 Å². The van der Waals surface area contributed by atoms with Gasteiger partial charge in [0.2, 0.25) is 5.88 Å². The van der Waals surface area contributed by atoms with Crippen molar-refractivity contribution in [2.75, 3.05) is 6.61 Å². The molecule has 3 rings (SSSR count). The summed E-state index contributed by atoms with van der Waals surface area (Å²) in [4.78, 5) is 15.1. The van der Waals surface area contributed by atoms with Crippen molar-refractivity contribution in [2.24, 2.45) is 5.10 Å². The Morgan fingerprint density at radius 1 is 1.37 bits per heavy atom. The highest BCUT2D eigenvalue weighted by Crippen LogP contribution is 2.32. The molecule has 1 aromatic heterocycles. The second kappa shape index (κ2) is 8.39. The first kappa shape index (κ1) is 19.2. The molecule has 0 amide bonds. The number of nitrogens with zero attached hydrogens (tertiary/aromatic N) is 2. The number of aromatic nitrogens is 2. The lowest BCUT2D eigenvalue weighted by Gasteiger charge is -2.15. The second-order valence-corrected chi connectivity index (χ2v) is 6.76. The molecule has 1 aromatic carbocycles. The number of hydrazone groups is 1. The highest BCUT2D eigenvalue weighted by molar-refractivity contribution is 7.71. The van der Waals surface area contributed by atoms with Gasteiger partial charge in [-0.1, -0.05) is 31.5 Å². The monoisotopic (exact) mass is 388 g/mol. The molecule has 144 valence electrons. The molecule has 8 heteroatoms. The largest absolute Gasteiger partial charge is 0.494 e. The molecular weight excluding hydrogens is 364 g/mol. The number of ether oxygens (including phenoxy) is 1. The van der Waals surface area contributed by atoms with Crippen LogP contribution in [0.25, 0.3) is 0 Å². The van der Waals surface area contributed by atoms with E-state index in [-0.39, 0.29) is 22.3 Å². The van der Waals surface area contributed by atoms with Crippen LogP contribution in [0.2, 0.25) is 0 Å². The van der Waals surface area contributed by atoms with E-state index in [0.29, 0.717) is 25.3 Å². The molecule has 1 aliphatic heterocycles. The fraction of sp³-hybridized carbons (Fsp3) is 0.421. The van der Waals surface area contributed by atoms with Crippen molar-refractivity contribution < 1.29 is 9.84 Å². The maximum atomic E-state index is 12.5. The van der Waals surface area contributed by atoms with E-state index in [1.807, 2.05) is 31.2 Å². The van der Waals surface area contributed by atoms with Crippen LogP contribution in [0.5, 0.6) is 11.6 Å². The predicted molar refractivity (Wildman–Crippen MR) is 107 cm³/mol. The number of aromatic amines is 1. The summed E-state index contributed by atoms with van der Waals surface area (Å²) < 4.78 is 7.47. The molecule has 1 aliphatic rings. The van der Waals surface area contributed by atoms with Crippen LogP contribution < -0.4 is 15.7 Å². The van der Waals surface area contributed by atoms with Crippen LogP contribution in [0.3, 0.4) is 0 Å². The van der Waals surface area contributed by atoms with Crippen molar-refractivity contribution in [3.8, 4) is 11.6 Å². The minimum atomic E-state index is -0.426. The van der Waals surface area contributed by atoms with Gasteiger partial charge in [-0.05, 0) is 31.6 Å². The second-order valence-electron chi connectivity index (χ2n) is 6.38. The summed E-state index contributed by atoms with van der Waals surface area (Å²) in [7, 11) is 0. The number of nitrogens with one attached hydrogen (secondary N) is 2. The summed E-state index contributed by atoms with van der Waals surface area (Å²) in [6.45, 7) is 5.10. The number of unbranched alkanes of at least 4 members (excludes halogenated alkanes) is 1. The molecule has 0 saturated carbocycles. The van der Waals surface area contributed by atoms with Crippen LogP contribution in [0.15, 0.2) is 34.2 Å². The normalized spacial score (nSPS) is 16.1. The van der Waals surface area contributed by atoms with Gasteiger partial charge in [0.15, 0.2) is 4.77 Å². The van der Waals surface area contributed by atoms with E-state index in [0.717, 1.165) is 24.2 Å². The van der Waals surface area contributed by atoms with Gasteiger partial charge in [-0.15, -0.1) is 0 Å². The third-order valence-electron chi connectivity index (χ3n) is 4.54. The third-order valence-corrected chi connectivity index (χ3v) is 4.87. The van der Waals surface area contributed by atoms with E-state index < -0.39 is 5.56 Å². The van der Waals surface area contributed by atoms with E-state index in [9.17, 15) is 9.90 Å². The summed E-state index contributed by atoms with van der Waals surface area (Å²) >= 11 is 5.20. The molecular formula is C19H24N4O3S. The molecule has 0 aliphatic carbocycles. The van der Waals surface area contributed by atoms with Gasteiger partial charge in [0, 0.05) is 18.5 Å². The van der Waals surface area contributed by atoms with Crippen molar-refractivity contribution >= 4 is 17.9 Å². The first-order valence-electron chi connectivity index (χ1n) is 9.17. The number of rotatable bonds is 7. The molecule has 1 atom stereocenters. The fourth-order valence-electron chi connectivity index (χ4n) is 3.18. The average molecular weight is 388 g/mol. The topological polar surface area (TPSA) is 91.6 Å². The van der Waals surface area contributed by atoms with Crippen molar-refractivity contribution in [1.29, 1.82) is 0 Å². The van der Waals surface area contributed by atoms with Crippen molar-refractivity contribution in [3.63, 3.8) is 0 Å². The first-order chi connectivity index (χ1) is 13.1. The summed E-state index contributed by atoms with van der Waals surface area (Å²) in [5, 5.41) is 15.0. The van der Waals surface area contributed by atoms with Crippen LogP contribution in [-0.2, 0) is 6.54 Å². The van der Waals surface area contributed by atoms with Gasteiger partial charge in [0.05, 0.1) is 18.4 Å². The Bertz CT molecular complexity index is 964. The Morgan fingerprint density at radius 3 is 2.89 bits per heavy atom. The van der Waals surface area contributed by atoms with Crippen LogP contribution in [0, 0.1) is 4.77 Å². The smallest absolute Gasteiger partial charge is 0.264 e. The molecule has 7 nitrogen and oxygen atoms in total. The average Bonchev–Trinajstić information content (AvgIpc) is 3.11. The molecule has 27 heavy (non-hydrogen) atoms. The summed E-state index contributed by atoms with van der Waals surface area (Å²) in [6.07, 6.45) is 2.27. The van der Waals surface area contributed by atoms with Gasteiger partial charge in [-0.25, -0.2) is 0 Å². The standard InChI is InChI=1S/C19H24N4O3S/c1-3-5-10-23-18(25)16(17(24)20-19(23)27)14-11-13(21-22-14)12-8-6-7-9-15(12)26-4-2/h6-9,13,21,25H,3-5,10-11H2,1-2H3,(H,20,24,27)/t13-/m1/s1. The third kappa shape index (κ3) is 3.90. The highest BCUT2D eigenvalue weighted by Gasteiger charge is 2.28. The zero-order valence-corrected chi connectivity index (χ0v) is 16.3. The number of H-pyrrole nitrogens is 1. The maximum absolute atomic E-state index is 12.5. The lowest BCUT2D eigenvalue weighted by atomic mass is 9.99. The number of hydrogen-bond donors (Lipinski definition) is 3. The van der Waals surface area contributed by atoms with E-state index in [2.05, 4.69) is 22.4 Å². The van der Waals surface area contributed by atoms with Crippen LogP contribution in [0.4, 0.5) is 0 Å². The quantitative estimate of drug-likeness (QED) is 0.633. The Morgan fingerprint density at radius 2 is 2.15 bits per heavy atom. The minimum Gasteiger partial charge on any atom is -0.494 e. The van der Waals surface area contributed by atoms with Gasteiger partial charge >= 0.3 is 0 Å². The van der Waals surface area contributed by atoms with E-state index in [4.69, 9.17) is 17.0 Å². The Balaban J connectivity index is 1.92. The van der Waals surface area contributed by atoms with Crippen LogP contribution in [0.1, 0.15) is 50.3 Å². The number of benzene rings is 1. The Kier molecular flexibility index (Phi) is 5.95.